The average molecular weight is 326 g/mol. The van der Waals surface area contributed by atoms with E-state index in [4.69, 9.17) is 4.74 Å². The van der Waals surface area contributed by atoms with Gasteiger partial charge in [0.1, 0.15) is 11.6 Å². The fourth-order valence-electron chi connectivity index (χ4n) is 3.69. The number of hydrogen-bond acceptors (Lipinski definition) is 4. The van der Waals surface area contributed by atoms with E-state index in [2.05, 4.69) is 44.6 Å². The van der Waals surface area contributed by atoms with Crippen LogP contribution in [0.2, 0.25) is 0 Å². The van der Waals surface area contributed by atoms with Crippen molar-refractivity contribution in [3.05, 3.63) is 47.5 Å². The van der Waals surface area contributed by atoms with Gasteiger partial charge in [0.05, 0.1) is 13.2 Å². The molecular formula is C19H26N4O. The fraction of sp³-hybridized carbons (Fsp3) is 0.526. The van der Waals surface area contributed by atoms with E-state index in [9.17, 15) is 0 Å². The van der Waals surface area contributed by atoms with E-state index in [1.54, 1.807) is 0 Å². The third-order valence-corrected chi connectivity index (χ3v) is 5.13. The minimum absolute atomic E-state index is 0.838. The van der Waals surface area contributed by atoms with Crippen LogP contribution in [0, 0.1) is 0 Å². The van der Waals surface area contributed by atoms with Gasteiger partial charge in [0.25, 0.3) is 0 Å². The van der Waals surface area contributed by atoms with Gasteiger partial charge in [-0.25, -0.2) is 4.98 Å². The second kappa shape index (κ2) is 6.95. The maximum atomic E-state index is 5.61. The summed E-state index contributed by atoms with van der Waals surface area (Å²) >= 11 is 0. The van der Waals surface area contributed by atoms with E-state index in [0.717, 1.165) is 57.3 Å². The minimum Gasteiger partial charge on any atom is -0.493 e. The van der Waals surface area contributed by atoms with Crippen LogP contribution in [-0.4, -0.2) is 52.1 Å². The molecule has 0 radical (unpaired) electrons. The van der Waals surface area contributed by atoms with Crippen molar-refractivity contribution in [2.75, 3.05) is 32.8 Å². The molecule has 0 unspecified atom stereocenters. The zero-order valence-corrected chi connectivity index (χ0v) is 14.4. The number of aryl methyl sites for hydroxylation is 1. The smallest absolute Gasteiger partial charge is 0.122 e. The van der Waals surface area contributed by atoms with Crippen molar-refractivity contribution in [1.29, 1.82) is 0 Å². The molecule has 0 spiro atoms. The number of hydrogen-bond donors (Lipinski definition) is 0. The Morgan fingerprint density at radius 2 is 1.92 bits per heavy atom. The standard InChI is InChI=1S/C19H26N4O/c1-21-9-6-20-19(21)15-23-8-2-7-22(10-11-23)14-16-3-4-18-17(13-16)5-12-24-18/h3-4,6,9,13H,2,5,7-8,10-12,14-15H2,1H3. The van der Waals surface area contributed by atoms with Gasteiger partial charge in [-0.15, -0.1) is 0 Å². The summed E-state index contributed by atoms with van der Waals surface area (Å²) in [4.78, 5) is 9.56. The molecule has 1 aromatic carbocycles. The SMILES string of the molecule is Cn1ccnc1CN1CCCN(Cc2ccc3c(c2)CCO3)CC1. The second-order valence-corrected chi connectivity index (χ2v) is 6.90. The monoisotopic (exact) mass is 326 g/mol. The molecule has 128 valence electrons. The summed E-state index contributed by atoms with van der Waals surface area (Å²) in [6.07, 6.45) is 6.19. The Bertz CT molecular complexity index is 696. The number of aromatic nitrogens is 2. The van der Waals surface area contributed by atoms with Crippen molar-refractivity contribution in [2.45, 2.75) is 25.9 Å². The van der Waals surface area contributed by atoms with Gasteiger partial charge >= 0.3 is 0 Å². The van der Waals surface area contributed by atoms with Crippen LogP contribution in [0.25, 0.3) is 0 Å². The van der Waals surface area contributed by atoms with Gasteiger partial charge in [-0.3, -0.25) is 9.80 Å². The maximum absolute atomic E-state index is 5.61. The Labute approximate surface area is 143 Å². The molecular weight excluding hydrogens is 300 g/mol. The molecule has 1 saturated heterocycles. The summed E-state index contributed by atoms with van der Waals surface area (Å²) in [5.74, 6) is 2.23. The number of rotatable bonds is 4. The molecule has 4 rings (SSSR count). The van der Waals surface area contributed by atoms with E-state index in [-0.39, 0.29) is 0 Å². The van der Waals surface area contributed by atoms with Crippen LogP contribution >= 0.6 is 0 Å². The van der Waals surface area contributed by atoms with Gasteiger partial charge < -0.3 is 9.30 Å². The number of imidazole rings is 1. The highest BCUT2D eigenvalue weighted by Gasteiger charge is 2.18. The Morgan fingerprint density at radius 3 is 2.71 bits per heavy atom. The summed E-state index contributed by atoms with van der Waals surface area (Å²) < 4.78 is 7.73. The molecule has 0 saturated carbocycles. The third kappa shape index (κ3) is 3.47. The highest BCUT2D eigenvalue weighted by atomic mass is 16.5. The molecule has 24 heavy (non-hydrogen) atoms. The summed E-state index contributed by atoms with van der Waals surface area (Å²) in [5.41, 5.74) is 2.79. The lowest BCUT2D eigenvalue weighted by Gasteiger charge is -2.22. The highest BCUT2D eigenvalue weighted by Crippen LogP contribution is 2.26. The van der Waals surface area contributed by atoms with Crippen molar-refractivity contribution in [1.82, 2.24) is 19.4 Å². The molecule has 2 aromatic rings. The predicted octanol–water partition coefficient (Wildman–Crippen LogP) is 2.06. The molecule has 5 nitrogen and oxygen atoms in total. The zero-order chi connectivity index (χ0) is 16.4. The van der Waals surface area contributed by atoms with E-state index >= 15 is 0 Å². The molecule has 0 amide bonds. The van der Waals surface area contributed by atoms with Gasteiger partial charge in [0, 0.05) is 45.5 Å². The number of ether oxygens (including phenoxy) is 1. The van der Waals surface area contributed by atoms with Crippen molar-refractivity contribution < 1.29 is 4.74 Å². The van der Waals surface area contributed by atoms with E-state index < -0.39 is 0 Å². The van der Waals surface area contributed by atoms with Gasteiger partial charge in [-0.1, -0.05) is 12.1 Å². The van der Waals surface area contributed by atoms with Crippen LogP contribution < -0.4 is 4.74 Å². The van der Waals surface area contributed by atoms with Gasteiger partial charge in [0.2, 0.25) is 0 Å². The molecule has 1 aromatic heterocycles. The Balaban J connectivity index is 1.34. The first-order valence-corrected chi connectivity index (χ1v) is 8.93. The van der Waals surface area contributed by atoms with Crippen molar-refractivity contribution >= 4 is 0 Å². The van der Waals surface area contributed by atoms with Crippen molar-refractivity contribution in [2.24, 2.45) is 7.05 Å². The fourth-order valence-corrected chi connectivity index (χ4v) is 3.69. The lowest BCUT2D eigenvalue weighted by molar-refractivity contribution is 0.242. The minimum atomic E-state index is 0.838. The van der Waals surface area contributed by atoms with Gasteiger partial charge in [-0.05, 0) is 36.7 Å². The first kappa shape index (κ1) is 15.7. The molecule has 2 aliphatic heterocycles. The lowest BCUT2D eigenvalue weighted by atomic mass is 10.1. The van der Waals surface area contributed by atoms with Gasteiger partial charge in [0.15, 0.2) is 0 Å². The lowest BCUT2D eigenvalue weighted by Crippen LogP contribution is -2.31. The Kier molecular flexibility index (Phi) is 4.54. The molecule has 0 atom stereocenters. The molecule has 5 heteroatoms. The van der Waals surface area contributed by atoms with E-state index in [1.165, 1.54) is 24.1 Å². The average Bonchev–Trinajstić information content (AvgIpc) is 3.14. The van der Waals surface area contributed by atoms with E-state index in [1.807, 2.05) is 12.4 Å². The van der Waals surface area contributed by atoms with Crippen molar-refractivity contribution in [3.63, 3.8) is 0 Å². The topological polar surface area (TPSA) is 33.5 Å². The second-order valence-electron chi connectivity index (χ2n) is 6.90. The summed E-state index contributed by atoms with van der Waals surface area (Å²) in [7, 11) is 2.07. The van der Waals surface area contributed by atoms with Crippen LogP contribution in [0.3, 0.4) is 0 Å². The van der Waals surface area contributed by atoms with Crippen LogP contribution in [0.1, 0.15) is 23.4 Å². The first-order valence-electron chi connectivity index (χ1n) is 8.93. The number of nitrogens with zero attached hydrogens (tertiary/aromatic N) is 4. The molecule has 1 fully saturated rings. The highest BCUT2D eigenvalue weighted by molar-refractivity contribution is 5.39. The molecule has 3 heterocycles. The van der Waals surface area contributed by atoms with Crippen LogP contribution in [0.15, 0.2) is 30.6 Å². The largest absolute Gasteiger partial charge is 0.493 e. The molecule has 0 bridgehead atoms. The molecule has 0 N–H and O–H groups in total. The molecule has 0 aliphatic carbocycles. The first-order chi connectivity index (χ1) is 11.8. The zero-order valence-electron chi connectivity index (χ0n) is 14.4. The summed E-state index contributed by atoms with van der Waals surface area (Å²) in [6, 6.07) is 6.70. The van der Waals surface area contributed by atoms with Crippen LogP contribution in [-0.2, 0) is 26.6 Å². The normalized spacial score (nSPS) is 19.0. The number of fused-ring (bicyclic) bond motifs is 1. The Hall–Kier alpha value is -1.85. The van der Waals surface area contributed by atoms with Crippen LogP contribution in [0.5, 0.6) is 5.75 Å². The molecule has 2 aliphatic rings. The summed E-state index contributed by atoms with van der Waals surface area (Å²) in [5, 5.41) is 0. The van der Waals surface area contributed by atoms with E-state index in [0.29, 0.717) is 0 Å². The number of benzene rings is 1. The van der Waals surface area contributed by atoms with Crippen LogP contribution in [0.4, 0.5) is 0 Å². The third-order valence-electron chi connectivity index (χ3n) is 5.13. The maximum Gasteiger partial charge on any atom is 0.122 e. The quantitative estimate of drug-likeness (QED) is 0.861. The predicted molar refractivity (Wildman–Crippen MR) is 94.0 cm³/mol. The van der Waals surface area contributed by atoms with Crippen molar-refractivity contribution in [3.8, 4) is 5.75 Å². The Morgan fingerprint density at radius 1 is 1.08 bits per heavy atom. The summed E-state index contributed by atoms with van der Waals surface area (Å²) in [6.45, 7) is 7.40. The van der Waals surface area contributed by atoms with Gasteiger partial charge in [-0.2, -0.15) is 0 Å².